The number of benzene rings is 1. The normalized spacial score (nSPS) is 17.9. The molecular weight excluding hydrogens is 773 g/mol. The van der Waals surface area contributed by atoms with Crippen molar-refractivity contribution in [2.24, 2.45) is 5.92 Å². The van der Waals surface area contributed by atoms with E-state index < -0.39 is 12.1 Å². The number of carbonyl (C=O) groups is 4. The fraction of sp³-hybridized carbons (Fsp3) is 0.524. The van der Waals surface area contributed by atoms with Gasteiger partial charge in [-0.25, -0.2) is 4.79 Å². The molecule has 182 valence electrons. The maximum absolute atomic E-state index is 13.1. The van der Waals surface area contributed by atoms with Gasteiger partial charge in [0.15, 0.2) is 0 Å². The number of hydrogen-bond donors (Lipinski definition) is 2. The van der Waals surface area contributed by atoms with Gasteiger partial charge in [-0.15, -0.1) is 0 Å². The number of esters is 2. The number of anilines is 2. The third kappa shape index (κ3) is 7.88. The van der Waals surface area contributed by atoms with Crippen molar-refractivity contribution in [2.45, 2.75) is 52.7 Å². The predicted octanol–water partition coefficient (Wildman–Crippen LogP) is 4.32. The van der Waals surface area contributed by atoms with Crippen LogP contribution in [-0.2, 0) is 28.6 Å². The minimum Gasteiger partial charge on any atom is -0.462 e. The highest BCUT2D eigenvalue weighted by molar-refractivity contribution is 14.1. The highest BCUT2D eigenvalue weighted by Crippen LogP contribution is 2.39. The van der Waals surface area contributed by atoms with Gasteiger partial charge in [-0.1, -0.05) is 13.8 Å². The summed E-state index contributed by atoms with van der Waals surface area (Å²) < 4.78 is 18.3. The Morgan fingerprint density at radius 3 is 2.03 bits per heavy atom. The topological polar surface area (TPSA) is 120 Å². The van der Waals surface area contributed by atoms with Gasteiger partial charge in [0.2, 0.25) is 11.8 Å². The van der Waals surface area contributed by atoms with E-state index in [2.05, 4.69) is 10.6 Å². The molecule has 0 saturated carbocycles. The molecule has 1 heterocycles. The molecule has 0 bridgehead atoms. The van der Waals surface area contributed by atoms with Gasteiger partial charge >= 0.3 is 11.9 Å². The van der Waals surface area contributed by atoms with Gasteiger partial charge in [0.1, 0.15) is 12.7 Å². The molecule has 1 aromatic rings. The van der Waals surface area contributed by atoms with E-state index >= 15 is 0 Å². The van der Waals surface area contributed by atoms with Crippen LogP contribution in [0.5, 0.6) is 0 Å². The van der Waals surface area contributed by atoms with Crippen molar-refractivity contribution < 1.29 is 33.4 Å². The van der Waals surface area contributed by atoms with Crippen molar-refractivity contribution in [1.29, 1.82) is 0 Å². The van der Waals surface area contributed by atoms with Crippen molar-refractivity contribution in [3.05, 3.63) is 16.3 Å². The molecule has 0 unspecified atom stereocenters. The van der Waals surface area contributed by atoms with Crippen LogP contribution in [0.3, 0.4) is 0 Å². The monoisotopic (exact) mass is 798 g/mol. The van der Waals surface area contributed by atoms with Crippen LogP contribution in [0.2, 0.25) is 0 Å². The molecule has 1 aliphatic heterocycles. The first kappa shape index (κ1) is 28.5. The highest BCUT2D eigenvalue weighted by Gasteiger charge is 2.30. The first-order valence-electron chi connectivity index (χ1n) is 10.2. The van der Waals surface area contributed by atoms with Gasteiger partial charge in [-0.05, 0) is 67.8 Å². The van der Waals surface area contributed by atoms with Gasteiger partial charge < -0.3 is 24.8 Å². The number of carbonyl (C=O) groups excluding carboxylic acids is 4. The molecule has 1 aromatic carbocycles. The number of rotatable bonds is 7. The van der Waals surface area contributed by atoms with E-state index in [0.29, 0.717) is 41.5 Å². The summed E-state index contributed by atoms with van der Waals surface area (Å²) in [5.74, 6) is -1.71. The minimum absolute atomic E-state index is 0.0162. The zero-order valence-electron chi connectivity index (χ0n) is 18.6. The van der Waals surface area contributed by atoms with Crippen molar-refractivity contribution in [2.75, 3.05) is 23.8 Å². The Morgan fingerprint density at radius 2 is 1.55 bits per heavy atom. The SMILES string of the molecule is CC(=O)Nc1c(I)c(NC(C)=O)c(I)c(C(=O)OC[C@@H]2C[C@H](OC(=O)C(C)C)CCO2)c1I. The molecule has 2 rings (SSSR count). The maximum atomic E-state index is 13.1. The molecule has 0 aromatic heterocycles. The number of ether oxygens (including phenoxy) is 3. The minimum atomic E-state index is -0.608. The fourth-order valence-electron chi connectivity index (χ4n) is 3.02. The average Bonchev–Trinajstić information content (AvgIpc) is 2.72. The number of halogens is 3. The fourth-order valence-corrected chi connectivity index (χ4v) is 7.17. The van der Waals surface area contributed by atoms with E-state index in [4.69, 9.17) is 14.2 Å². The van der Waals surface area contributed by atoms with Crippen LogP contribution in [-0.4, -0.2) is 49.2 Å². The summed E-state index contributed by atoms with van der Waals surface area (Å²) in [4.78, 5) is 48.4. The summed E-state index contributed by atoms with van der Waals surface area (Å²) in [6.45, 7) is 6.66. The predicted molar refractivity (Wildman–Crippen MR) is 147 cm³/mol. The number of hydrogen-bond acceptors (Lipinski definition) is 7. The van der Waals surface area contributed by atoms with Crippen LogP contribution in [0, 0.1) is 16.6 Å². The van der Waals surface area contributed by atoms with Crippen LogP contribution in [0.15, 0.2) is 0 Å². The van der Waals surface area contributed by atoms with Crippen molar-refractivity contribution in [1.82, 2.24) is 0 Å². The molecule has 2 N–H and O–H groups in total. The van der Waals surface area contributed by atoms with Crippen LogP contribution in [0.1, 0.15) is 50.9 Å². The van der Waals surface area contributed by atoms with Gasteiger partial charge in [0, 0.05) is 26.7 Å². The van der Waals surface area contributed by atoms with Crippen LogP contribution in [0.25, 0.3) is 0 Å². The lowest BCUT2D eigenvalue weighted by atomic mass is 10.1. The summed E-state index contributed by atoms with van der Waals surface area (Å²) >= 11 is 5.98. The maximum Gasteiger partial charge on any atom is 0.340 e. The zero-order chi connectivity index (χ0) is 24.9. The molecule has 2 atom stereocenters. The summed E-state index contributed by atoms with van der Waals surface area (Å²) in [6, 6.07) is 0. The third-order valence-electron chi connectivity index (χ3n) is 4.60. The Balaban J connectivity index is 2.22. The first-order chi connectivity index (χ1) is 15.4. The summed E-state index contributed by atoms with van der Waals surface area (Å²) in [6.07, 6.45) is 0.335. The molecule has 2 amide bonds. The summed E-state index contributed by atoms with van der Waals surface area (Å²) in [5.41, 5.74) is 1.09. The van der Waals surface area contributed by atoms with Crippen LogP contribution >= 0.6 is 67.8 Å². The lowest BCUT2D eigenvalue weighted by Gasteiger charge is -2.29. The molecule has 9 nitrogen and oxygen atoms in total. The Hall–Kier alpha value is -0.750. The lowest BCUT2D eigenvalue weighted by Crippen LogP contribution is -2.36. The Morgan fingerprint density at radius 1 is 1.00 bits per heavy atom. The van der Waals surface area contributed by atoms with E-state index in [1.165, 1.54) is 13.8 Å². The van der Waals surface area contributed by atoms with Gasteiger partial charge in [-0.2, -0.15) is 0 Å². The van der Waals surface area contributed by atoms with Crippen molar-refractivity contribution in [3.63, 3.8) is 0 Å². The molecule has 0 aliphatic carbocycles. The molecular formula is C21H25I3N2O7. The number of amides is 2. The zero-order valence-corrected chi connectivity index (χ0v) is 25.0. The molecule has 0 radical (unpaired) electrons. The second-order valence-corrected chi connectivity index (χ2v) is 11.0. The molecule has 33 heavy (non-hydrogen) atoms. The van der Waals surface area contributed by atoms with E-state index in [1.807, 2.05) is 67.8 Å². The second-order valence-electron chi connectivity index (χ2n) is 7.76. The first-order valence-corrected chi connectivity index (χ1v) is 13.4. The standard InChI is InChI=1S/C21H25I3N2O7/c1-9(2)20(29)33-12-5-6-31-13(7-12)8-32-21(30)14-15(22)18(25-10(3)27)17(24)19(16(14)23)26-11(4)28/h9,12-13H,5-8H2,1-4H3,(H,25,27)(H,26,28)/t12-,13+/m1/s1. The van der Waals surface area contributed by atoms with E-state index in [1.54, 1.807) is 13.8 Å². The largest absolute Gasteiger partial charge is 0.462 e. The summed E-state index contributed by atoms with van der Waals surface area (Å²) in [7, 11) is 0. The molecule has 1 fully saturated rings. The molecule has 1 aliphatic rings. The third-order valence-corrected chi connectivity index (χ3v) is 7.83. The van der Waals surface area contributed by atoms with Crippen LogP contribution < -0.4 is 10.6 Å². The second kappa shape index (κ2) is 12.8. The molecule has 0 spiro atoms. The molecule has 1 saturated heterocycles. The Kier molecular flexibility index (Phi) is 11.1. The van der Waals surface area contributed by atoms with E-state index in [0.717, 1.165) is 0 Å². The number of nitrogens with one attached hydrogen (secondary N) is 2. The quantitative estimate of drug-likeness (QED) is 0.312. The highest BCUT2D eigenvalue weighted by atomic mass is 127. The van der Waals surface area contributed by atoms with Crippen molar-refractivity contribution >= 4 is 103 Å². The molecule has 12 heteroatoms. The van der Waals surface area contributed by atoms with Crippen LogP contribution in [0.4, 0.5) is 11.4 Å². The van der Waals surface area contributed by atoms with E-state index in [-0.39, 0.29) is 42.0 Å². The smallest absolute Gasteiger partial charge is 0.340 e. The Bertz CT molecular complexity index is 909. The lowest BCUT2D eigenvalue weighted by molar-refractivity contribution is -0.161. The summed E-state index contributed by atoms with van der Waals surface area (Å²) in [5, 5.41) is 5.45. The van der Waals surface area contributed by atoms with Gasteiger partial charge in [0.25, 0.3) is 0 Å². The van der Waals surface area contributed by atoms with Crippen molar-refractivity contribution in [3.8, 4) is 0 Å². The van der Waals surface area contributed by atoms with Gasteiger partial charge in [-0.3, -0.25) is 14.4 Å². The Labute approximate surface area is 233 Å². The van der Waals surface area contributed by atoms with E-state index in [9.17, 15) is 19.2 Å². The average molecular weight is 798 g/mol. The van der Waals surface area contributed by atoms with Gasteiger partial charge in [0.05, 0.1) is 46.3 Å².